The summed E-state index contributed by atoms with van der Waals surface area (Å²) in [6, 6.07) is 11.5. The fourth-order valence-electron chi connectivity index (χ4n) is 1.73. The third-order valence-electron chi connectivity index (χ3n) is 2.68. The first-order valence-electron chi connectivity index (χ1n) is 5.71. The third-order valence-corrected chi connectivity index (χ3v) is 4.04. The first-order chi connectivity index (χ1) is 9.51. The molecule has 3 nitrogen and oxygen atoms in total. The van der Waals surface area contributed by atoms with Crippen LogP contribution in [-0.2, 0) is 0 Å². The Labute approximate surface area is 139 Å². The number of hydrogen-bond donors (Lipinski definition) is 2. The van der Waals surface area contributed by atoms with Gasteiger partial charge in [-0.2, -0.15) is 0 Å². The van der Waals surface area contributed by atoms with Crippen LogP contribution in [0.1, 0.15) is 5.56 Å². The molecule has 0 heterocycles. The van der Waals surface area contributed by atoms with Crippen molar-refractivity contribution in [1.29, 1.82) is 0 Å². The number of halogens is 2. The fraction of sp³-hybridized carbons (Fsp3) is 0.0714. The molecule has 2 aromatic carbocycles. The lowest BCUT2D eigenvalue weighted by Crippen LogP contribution is -2.10. The van der Waals surface area contributed by atoms with Crippen LogP contribution in [0.5, 0.6) is 5.75 Å². The first kappa shape index (κ1) is 15.3. The molecule has 0 saturated carbocycles. The van der Waals surface area contributed by atoms with E-state index in [4.69, 9.17) is 22.7 Å². The normalized spacial score (nSPS) is 10.2. The second-order valence-corrected chi connectivity index (χ2v) is 6.24. The molecule has 20 heavy (non-hydrogen) atoms. The van der Waals surface area contributed by atoms with E-state index in [9.17, 15) is 0 Å². The van der Waals surface area contributed by atoms with Crippen LogP contribution >= 0.6 is 44.1 Å². The highest BCUT2D eigenvalue weighted by Crippen LogP contribution is 2.32. The largest absolute Gasteiger partial charge is 0.495 e. The van der Waals surface area contributed by atoms with Gasteiger partial charge in [0, 0.05) is 20.2 Å². The molecule has 0 spiro atoms. The van der Waals surface area contributed by atoms with Crippen molar-refractivity contribution < 1.29 is 4.74 Å². The summed E-state index contributed by atoms with van der Waals surface area (Å²) < 4.78 is 7.15. The molecule has 2 rings (SSSR count). The van der Waals surface area contributed by atoms with E-state index in [0.717, 1.165) is 31.6 Å². The second-order valence-electron chi connectivity index (χ2n) is 4.03. The van der Waals surface area contributed by atoms with Crippen molar-refractivity contribution in [1.82, 2.24) is 0 Å². The van der Waals surface area contributed by atoms with Gasteiger partial charge in [0.15, 0.2) is 0 Å². The summed E-state index contributed by atoms with van der Waals surface area (Å²) in [4.78, 5) is 0.364. The minimum atomic E-state index is 0.364. The van der Waals surface area contributed by atoms with Gasteiger partial charge in [0.2, 0.25) is 0 Å². The highest BCUT2D eigenvalue weighted by molar-refractivity contribution is 9.10. The van der Waals surface area contributed by atoms with Crippen LogP contribution in [-0.4, -0.2) is 12.1 Å². The Balaban J connectivity index is 2.33. The zero-order valence-corrected chi connectivity index (χ0v) is 14.6. The third kappa shape index (κ3) is 3.50. The maximum atomic E-state index is 5.64. The number of hydrogen-bond acceptors (Lipinski definition) is 3. The van der Waals surface area contributed by atoms with E-state index in [1.165, 1.54) is 0 Å². The van der Waals surface area contributed by atoms with Gasteiger partial charge >= 0.3 is 0 Å². The lowest BCUT2D eigenvalue weighted by molar-refractivity contribution is 0.417. The summed E-state index contributed by atoms with van der Waals surface area (Å²) in [5, 5.41) is 3.30. The molecular weight excluding hydrogens is 404 g/mol. The summed E-state index contributed by atoms with van der Waals surface area (Å²) in [7, 11) is 1.64. The smallest absolute Gasteiger partial charge is 0.142 e. The van der Waals surface area contributed by atoms with Crippen LogP contribution < -0.4 is 15.8 Å². The molecule has 0 fully saturated rings. The maximum Gasteiger partial charge on any atom is 0.142 e. The van der Waals surface area contributed by atoms with Gasteiger partial charge < -0.3 is 15.8 Å². The first-order valence-corrected chi connectivity index (χ1v) is 7.70. The van der Waals surface area contributed by atoms with Gasteiger partial charge in [0.25, 0.3) is 0 Å². The monoisotopic (exact) mass is 414 g/mol. The topological polar surface area (TPSA) is 47.3 Å². The Morgan fingerprint density at radius 1 is 1.20 bits per heavy atom. The Kier molecular flexibility index (Phi) is 5.01. The standard InChI is InChI=1S/C14H12Br2N2OS/c1-19-13-5-2-8(15)6-12(13)18-9-3-4-10(14(17)20)11(16)7-9/h2-7,18H,1H3,(H2,17,20). The van der Waals surface area contributed by atoms with Gasteiger partial charge in [0.1, 0.15) is 10.7 Å². The predicted molar refractivity (Wildman–Crippen MR) is 94.0 cm³/mol. The maximum absolute atomic E-state index is 5.64. The van der Waals surface area contributed by atoms with Gasteiger partial charge in [-0.3, -0.25) is 0 Å². The van der Waals surface area contributed by atoms with Crippen LogP contribution in [0.2, 0.25) is 0 Å². The Morgan fingerprint density at radius 2 is 1.95 bits per heavy atom. The zero-order chi connectivity index (χ0) is 14.7. The van der Waals surface area contributed by atoms with Gasteiger partial charge in [0.05, 0.1) is 12.8 Å². The summed E-state index contributed by atoms with van der Waals surface area (Å²) in [6.07, 6.45) is 0. The summed E-state index contributed by atoms with van der Waals surface area (Å²) >= 11 is 11.9. The Bertz CT molecular complexity index is 662. The fourth-order valence-corrected chi connectivity index (χ4v) is 2.99. The number of nitrogens with one attached hydrogen (secondary N) is 1. The second kappa shape index (κ2) is 6.56. The van der Waals surface area contributed by atoms with Gasteiger partial charge in [-0.15, -0.1) is 0 Å². The Morgan fingerprint density at radius 3 is 2.55 bits per heavy atom. The van der Waals surface area contributed by atoms with E-state index < -0.39 is 0 Å². The highest BCUT2D eigenvalue weighted by atomic mass is 79.9. The van der Waals surface area contributed by atoms with Crippen molar-refractivity contribution in [3.8, 4) is 5.75 Å². The molecule has 0 aromatic heterocycles. The number of rotatable bonds is 4. The molecule has 6 heteroatoms. The number of ether oxygens (including phenoxy) is 1. The van der Waals surface area contributed by atoms with E-state index in [1.807, 2.05) is 36.4 Å². The number of methoxy groups -OCH3 is 1. The molecule has 0 amide bonds. The molecular formula is C14H12Br2N2OS. The summed E-state index contributed by atoms with van der Waals surface area (Å²) in [6.45, 7) is 0. The molecule has 0 radical (unpaired) electrons. The lowest BCUT2D eigenvalue weighted by Gasteiger charge is -2.13. The molecule has 0 atom stereocenters. The molecule has 3 N–H and O–H groups in total. The van der Waals surface area contributed by atoms with Crippen LogP contribution in [0.15, 0.2) is 45.3 Å². The summed E-state index contributed by atoms with van der Waals surface area (Å²) in [5.74, 6) is 0.766. The number of thiocarbonyl (C=S) groups is 1. The van der Waals surface area contributed by atoms with Crippen molar-refractivity contribution in [3.05, 3.63) is 50.9 Å². The number of anilines is 2. The SMILES string of the molecule is COc1ccc(Br)cc1Nc1ccc(C(N)=S)c(Br)c1. The molecule has 0 aliphatic carbocycles. The average molecular weight is 416 g/mol. The van der Waals surface area contributed by atoms with Gasteiger partial charge in [-0.25, -0.2) is 0 Å². The average Bonchev–Trinajstić information content (AvgIpc) is 2.38. The van der Waals surface area contributed by atoms with Crippen molar-refractivity contribution >= 4 is 60.4 Å². The minimum absolute atomic E-state index is 0.364. The van der Waals surface area contributed by atoms with E-state index >= 15 is 0 Å². The molecule has 0 saturated heterocycles. The molecule has 0 bridgehead atoms. The number of benzene rings is 2. The molecule has 0 unspecified atom stereocenters. The van der Waals surface area contributed by atoms with Crippen LogP contribution in [0.25, 0.3) is 0 Å². The summed E-state index contributed by atoms with van der Waals surface area (Å²) in [5.41, 5.74) is 8.23. The van der Waals surface area contributed by atoms with E-state index in [1.54, 1.807) is 7.11 Å². The van der Waals surface area contributed by atoms with Gasteiger partial charge in [-0.05, 0) is 52.3 Å². The highest BCUT2D eigenvalue weighted by Gasteiger charge is 2.07. The molecule has 104 valence electrons. The van der Waals surface area contributed by atoms with E-state index in [2.05, 4.69) is 37.2 Å². The molecule has 0 aliphatic heterocycles. The van der Waals surface area contributed by atoms with Crippen LogP contribution in [0, 0.1) is 0 Å². The molecule has 0 aliphatic rings. The van der Waals surface area contributed by atoms with Crippen molar-refractivity contribution in [2.45, 2.75) is 0 Å². The van der Waals surface area contributed by atoms with E-state index in [0.29, 0.717) is 4.99 Å². The predicted octanol–water partition coefficient (Wildman–Crippen LogP) is 4.60. The van der Waals surface area contributed by atoms with Crippen LogP contribution in [0.4, 0.5) is 11.4 Å². The van der Waals surface area contributed by atoms with Crippen molar-refractivity contribution in [3.63, 3.8) is 0 Å². The minimum Gasteiger partial charge on any atom is -0.495 e. The van der Waals surface area contributed by atoms with Crippen molar-refractivity contribution in [2.75, 3.05) is 12.4 Å². The van der Waals surface area contributed by atoms with Crippen molar-refractivity contribution in [2.24, 2.45) is 5.73 Å². The quantitative estimate of drug-likeness (QED) is 0.716. The molecule has 2 aromatic rings. The van der Waals surface area contributed by atoms with E-state index in [-0.39, 0.29) is 0 Å². The lowest BCUT2D eigenvalue weighted by atomic mass is 10.2. The van der Waals surface area contributed by atoms with Crippen LogP contribution in [0.3, 0.4) is 0 Å². The van der Waals surface area contributed by atoms with Gasteiger partial charge in [-0.1, -0.05) is 28.1 Å². The number of nitrogens with two attached hydrogens (primary N) is 1. The zero-order valence-electron chi connectivity index (χ0n) is 10.6. The Hall–Kier alpha value is -1.11.